The van der Waals surface area contributed by atoms with Crippen LogP contribution >= 0.6 is 0 Å². The van der Waals surface area contributed by atoms with Crippen LogP contribution < -0.4 is 0 Å². The van der Waals surface area contributed by atoms with Gasteiger partial charge in [0.05, 0.1) is 0 Å². The predicted molar refractivity (Wildman–Crippen MR) is 82.6 cm³/mol. The van der Waals surface area contributed by atoms with E-state index in [2.05, 4.69) is 10.1 Å². The van der Waals surface area contributed by atoms with Gasteiger partial charge in [0.25, 0.3) is 6.47 Å². The van der Waals surface area contributed by atoms with Crippen molar-refractivity contribution in [3.05, 3.63) is 11.5 Å². The summed E-state index contributed by atoms with van der Waals surface area (Å²) >= 11 is 0. The average molecular weight is 345 g/mol. The third kappa shape index (κ3) is 3.73. The maximum atomic E-state index is 12.8. The summed E-state index contributed by atoms with van der Waals surface area (Å²) in [5.74, 6) is 0.374. The number of carbonyl (C=O) groups is 1. The zero-order chi connectivity index (χ0) is 17.2. The van der Waals surface area contributed by atoms with Crippen LogP contribution in [0.4, 0.5) is 0 Å². The molecule has 2 fully saturated rings. The Labute approximate surface area is 136 Å². The second-order valence-electron chi connectivity index (χ2n) is 5.95. The zero-order valence-electron chi connectivity index (χ0n) is 13.6. The highest BCUT2D eigenvalue weighted by atomic mass is 32.2. The van der Waals surface area contributed by atoms with Crippen LogP contribution in [-0.4, -0.2) is 66.1 Å². The average Bonchev–Trinajstić information content (AvgIpc) is 3.25. The Hall–Kier alpha value is -1.45. The molecular weight excluding hydrogens is 322 g/mol. The van der Waals surface area contributed by atoms with Crippen LogP contribution in [0.15, 0.2) is 9.42 Å². The number of piperazine rings is 1. The monoisotopic (exact) mass is 345 g/mol. The molecule has 0 aromatic carbocycles. The molecule has 0 amide bonds. The SMILES string of the molecule is Cc1noc(C)c1S(=O)(=O)N1CCN(C2CC2)CC1C.O=CO. The summed E-state index contributed by atoms with van der Waals surface area (Å²) in [7, 11) is -3.51. The molecule has 2 aliphatic rings. The molecule has 1 aliphatic carbocycles. The highest BCUT2D eigenvalue weighted by Gasteiger charge is 2.40. The van der Waals surface area contributed by atoms with Gasteiger partial charge >= 0.3 is 0 Å². The smallest absolute Gasteiger partial charge is 0.290 e. The van der Waals surface area contributed by atoms with Crippen LogP contribution in [0, 0.1) is 13.8 Å². The summed E-state index contributed by atoms with van der Waals surface area (Å²) in [6.07, 6.45) is 2.51. The maximum absolute atomic E-state index is 12.8. The molecule has 1 saturated heterocycles. The standard InChI is InChI=1S/C13H21N3O3S.CH2O2/c1-9-8-15(12-4-5-12)6-7-16(9)20(17,18)13-10(2)14-19-11(13)3;2-1-3/h9,12H,4-8H2,1-3H3;1H,(H,2,3). The van der Waals surface area contributed by atoms with Gasteiger partial charge in [-0.05, 0) is 33.6 Å². The van der Waals surface area contributed by atoms with E-state index in [1.54, 1.807) is 18.2 Å². The first-order valence-corrected chi connectivity index (χ1v) is 9.03. The Kier molecular flexibility index (Phi) is 5.43. The molecule has 0 radical (unpaired) electrons. The first kappa shape index (κ1) is 17.9. The van der Waals surface area contributed by atoms with E-state index in [1.807, 2.05) is 6.92 Å². The van der Waals surface area contributed by atoms with Crippen LogP contribution in [0.5, 0.6) is 0 Å². The molecule has 23 heavy (non-hydrogen) atoms. The molecule has 0 spiro atoms. The fourth-order valence-electron chi connectivity index (χ4n) is 3.06. The molecule has 130 valence electrons. The van der Waals surface area contributed by atoms with Crippen molar-refractivity contribution in [1.29, 1.82) is 0 Å². The van der Waals surface area contributed by atoms with Gasteiger partial charge in [-0.3, -0.25) is 9.69 Å². The fraction of sp³-hybridized carbons (Fsp3) is 0.714. The molecule has 3 rings (SSSR count). The van der Waals surface area contributed by atoms with Crippen molar-refractivity contribution in [3.8, 4) is 0 Å². The summed E-state index contributed by atoms with van der Waals surface area (Å²) in [6, 6.07) is 0.671. The van der Waals surface area contributed by atoms with Crippen molar-refractivity contribution in [3.63, 3.8) is 0 Å². The van der Waals surface area contributed by atoms with Crippen molar-refractivity contribution in [2.24, 2.45) is 0 Å². The summed E-state index contributed by atoms with van der Waals surface area (Å²) in [4.78, 5) is 11.0. The Morgan fingerprint density at radius 2 is 1.91 bits per heavy atom. The number of sulfonamides is 1. The highest BCUT2D eigenvalue weighted by Crippen LogP contribution is 2.31. The van der Waals surface area contributed by atoms with E-state index in [0.717, 1.165) is 13.1 Å². The van der Waals surface area contributed by atoms with E-state index in [0.29, 0.717) is 24.0 Å². The van der Waals surface area contributed by atoms with Crippen molar-refractivity contribution >= 4 is 16.5 Å². The first-order valence-electron chi connectivity index (χ1n) is 7.59. The Bertz CT molecular complexity index is 634. The van der Waals surface area contributed by atoms with Crippen LogP contribution in [0.25, 0.3) is 0 Å². The van der Waals surface area contributed by atoms with E-state index in [9.17, 15) is 8.42 Å². The summed E-state index contributed by atoms with van der Waals surface area (Å²) < 4.78 is 32.2. The van der Waals surface area contributed by atoms with Gasteiger partial charge in [0.2, 0.25) is 10.0 Å². The van der Waals surface area contributed by atoms with Crippen molar-refractivity contribution in [2.45, 2.75) is 50.6 Å². The fourth-order valence-corrected chi connectivity index (χ4v) is 4.97. The maximum Gasteiger partial charge on any atom is 0.290 e. The lowest BCUT2D eigenvalue weighted by Crippen LogP contribution is -2.54. The molecule has 1 aromatic heterocycles. The minimum absolute atomic E-state index is 0.0111. The highest BCUT2D eigenvalue weighted by molar-refractivity contribution is 7.89. The quantitative estimate of drug-likeness (QED) is 0.810. The summed E-state index contributed by atoms with van der Waals surface area (Å²) in [6.45, 7) is 7.23. The second kappa shape index (κ2) is 6.98. The number of aryl methyl sites for hydroxylation is 2. The summed E-state index contributed by atoms with van der Waals surface area (Å²) in [5.41, 5.74) is 0.444. The van der Waals surface area contributed by atoms with Gasteiger partial charge < -0.3 is 9.63 Å². The molecule has 0 bridgehead atoms. The normalized spacial score (nSPS) is 23.2. The van der Waals surface area contributed by atoms with E-state index < -0.39 is 10.0 Å². The largest absolute Gasteiger partial charge is 0.483 e. The topological polar surface area (TPSA) is 104 Å². The number of carboxylic acid groups (broad SMARTS) is 1. The molecule has 1 saturated carbocycles. The molecule has 1 aliphatic heterocycles. The Morgan fingerprint density at radius 3 is 2.35 bits per heavy atom. The Balaban J connectivity index is 0.000000595. The van der Waals surface area contributed by atoms with E-state index >= 15 is 0 Å². The van der Waals surface area contributed by atoms with Crippen LogP contribution in [-0.2, 0) is 14.8 Å². The predicted octanol–water partition coefficient (Wildman–Crippen LogP) is 0.849. The Morgan fingerprint density at radius 1 is 1.30 bits per heavy atom. The third-order valence-electron chi connectivity index (χ3n) is 4.20. The number of hydrogen-bond donors (Lipinski definition) is 1. The molecule has 1 N–H and O–H groups in total. The van der Waals surface area contributed by atoms with Gasteiger partial charge in [-0.25, -0.2) is 8.42 Å². The number of hydrogen-bond acceptors (Lipinski definition) is 6. The van der Waals surface area contributed by atoms with Crippen LogP contribution in [0.1, 0.15) is 31.2 Å². The third-order valence-corrected chi connectivity index (χ3v) is 6.45. The van der Waals surface area contributed by atoms with Crippen LogP contribution in [0.2, 0.25) is 0 Å². The van der Waals surface area contributed by atoms with E-state index in [4.69, 9.17) is 14.4 Å². The van der Waals surface area contributed by atoms with Gasteiger partial charge in [0.15, 0.2) is 5.76 Å². The van der Waals surface area contributed by atoms with Gasteiger partial charge in [0, 0.05) is 31.7 Å². The molecule has 1 atom stereocenters. The lowest BCUT2D eigenvalue weighted by Gasteiger charge is -2.38. The van der Waals surface area contributed by atoms with Crippen molar-refractivity contribution < 1.29 is 22.8 Å². The van der Waals surface area contributed by atoms with Crippen molar-refractivity contribution in [1.82, 2.24) is 14.4 Å². The molecular formula is C14H23N3O5S. The van der Waals surface area contributed by atoms with Gasteiger partial charge in [0.1, 0.15) is 10.6 Å². The first-order chi connectivity index (χ1) is 10.8. The lowest BCUT2D eigenvalue weighted by atomic mass is 10.2. The van der Waals surface area contributed by atoms with Crippen molar-refractivity contribution in [2.75, 3.05) is 19.6 Å². The summed E-state index contributed by atoms with van der Waals surface area (Å²) in [5, 5.41) is 10.7. The molecule has 1 aromatic rings. The molecule has 1 unspecified atom stereocenters. The molecule has 2 heterocycles. The lowest BCUT2D eigenvalue weighted by molar-refractivity contribution is -0.122. The minimum Gasteiger partial charge on any atom is -0.483 e. The zero-order valence-corrected chi connectivity index (χ0v) is 14.4. The van der Waals surface area contributed by atoms with Gasteiger partial charge in [-0.1, -0.05) is 5.16 Å². The minimum atomic E-state index is -3.51. The van der Waals surface area contributed by atoms with Gasteiger partial charge in [-0.2, -0.15) is 4.31 Å². The van der Waals surface area contributed by atoms with E-state index in [1.165, 1.54) is 12.8 Å². The number of nitrogens with zero attached hydrogens (tertiary/aromatic N) is 3. The number of aromatic nitrogens is 1. The van der Waals surface area contributed by atoms with Crippen LogP contribution in [0.3, 0.4) is 0 Å². The number of rotatable bonds is 3. The second-order valence-corrected chi connectivity index (χ2v) is 7.78. The molecule has 8 nitrogen and oxygen atoms in total. The van der Waals surface area contributed by atoms with E-state index in [-0.39, 0.29) is 17.4 Å². The molecule has 9 heteroatoms. The van der Waals surface area contributed by atoms with Gasteiger partial charge in [-0.15, -0.1) is 0 Å².